The second-order valence-electron chi connectivity index (χ2n) is 3.22. The maximum Gasteiger partial charge on any atom is 0.188 e. The third-order valence-corrected chi connectivity index (χ3v) is 3.84. The Morgan fingerprint density at radius 3 is 2.94 bits per heavy atom. The minimum absolute atomic E-state index is 0.812. The van der Waals surface area contributed by atoms with Gasteiger partial charge in [0.15, 0.2) is 5.13 Å². The maximum atomic E-state index is 4.51. The Bertz CT molecular complexity index is 497. The number of rotatable bonds is 3. The van der Waals surface area contributed by atoms with E-state index in [2.05, 4.69) is 56.7 Å². The summed E-state index contributed by atoms with van der Waals surface area (Å²) in [5.74, 6) is 0.812. The lowest BCUT2D eigenvalue weighted by molar-refractivity contribution is 1.04. The van der Waals surface area contributed by atoms with Crippen molar-refractivity contribution in [2.75, 3.05) is 5.32 Å². The van der Waals surface area contributed by atoms with E-state index in [0.29, 0.717) is 0 Å². The summed E-state index contributed by atoms with van der Waals surface area (Å²) in [7, 11) is 0. The highest BCUT2D eigenvalue weighted by Crippen LogP contribution is 2.26. The fraction of sp³-hybridized carbons (Fsp3) is 0.300. The van der Waals surface area contributed by atoms with Gasteiger partial charge in [-0.15, -0.1) is 11.3 Å². The van der Waals surface area contributed by atoms with Crippen LogP contribution in [0.4, 0.5) is 10.9 Å². The first-order chi connectivity index (χ1) is 7.70. The zero-order valence-corrected chi connectivity index (χ0v) is 12.0. The summed E-state index contributed by atoms with van der Waals surface area (Å²) >= 11 is 3.86. The molecule has 16 heavy (non-hydrogen) atoms. The molecule has 2 aromatic rings. The van der Waals surface area contributed by atoms with E-state index in [0.717, 1.165) is 26.6 Å². The molecule has 0 spiro atoms. The molecule has 0 fully saturated rings. The average Bonchev–Trinajstić information content (AvgIpc) is 2.62. The number of aromatic nitrogens is 3. The first kappa shape index (κ1) is 11.7. The molecule has 0 aliphatic carbocycles. The molecule has 0 aliphatic heterocycles. The number of halogens is 1. The molecule has 6 heteroatoms. The fourth-order valence-electron chi connectivity index (χ4n) is 1.32. The third kappa shape index (κ3) is 2.49. The van der Waals surface area contributed by atoms with E-state index in [1.165, 1.54) is 11.2 Å². The quantitative estimate of drug-likeness (QED) is 0.868. The number of thiazole rings is 1. The summed E-state index contributed by atoms with van der Waals surface area (Å²) in [6.45, 7) is 4.20. The Labute approximate surface area is 112 Å². The molecular weight excluding hydrogens is 335 g/mol. The van der Waals surface area contributed by atoms with Crippen LogP contribution in [0.5, 0.6) is 0 Å². The number of hydrogen-bond donors (Lipinski definition) is 1. The molecule has 84 valence electrons. The summed E-state index contributed by atoms with van der Waals surface area (Å²) in [6, 6.07) is 0. The zero-order valence-electron chi connectivity index (χ0n) is 8.99. The van der Waals surface area contributed by atoms with Gasteiger partial charge in [-0.2, -0.15) is 0 Å². The van der Waals surface area contributed by atoms with Crippen molar-refractivity contribution in [3.8, 4) is 0 Å². The number of hydrogen-bond acceptors (Lipinski definition) is 5. The van der Waals surface area contributed by atoms with Gasteiger partial charge in [-0.3, -0.25) is 0 Å². The van der Waals surface area contributed by atoms with Crippen molar-refractivity contribution in [3.05, 3.63) is 26.7 Å². The molecule has 0 bridgehead atoms. The monoisotopic (exact) mass is 346 g/mol. The van der Waals surface area contributed by atoms with Gasteiger partial charge in [0, 0.05) is 11.1 Å². The van der Waals surface area contributed by atoms with Gasteiger partial charge < -0.3 is 5.32 Å². The van der Waals surface area contributed by atoms with Gasteiger partial charge in [0.2, 0.25) is 0 Å². The molecule has 0 aromatic carbocycles. The van der Waals surface area contributed by atoms with Crippen LogP contribution < -0.4 is 5.32 Å². The SMILES string of the molecule is CCc1nc(Nc2ncncc2I)sc1C. The van der Waals surface area contributed by atoms with Crippen LogP contribution in [0.2, 0.25) is 0 Å². The first-order valence-electron chi connectivity index (χ1n) is 4.89. The van der Waals surface area contributed by atoms with Crippen molar-refractivity contribution in [1.82, 2.24) is 15.0 Å². The lowest BCUT2D eigenvalue weighted by Crippen LogP contribution is -1.96. The van der Waals surface area contributed by atoms with Gasteiger partial charge in [0.05, 0.1) is 9.26 Å². The molecule has 0 aliphatic rings. The number of nitrogens with zero attached hydrogens (tertiary/aromatic N) is 3. The van der Waals surface area contributed by atoms with Crippen molar-refractivity contribution < 1.29 is 0 Å². The molecule has 2 heterocycles. The number of anilines is 2. The standard InChI is InChI=1S/C10H11IN4S/c1-3-8-6(2)16-10(14-8)15-9-7(11)4-12-5-13-9/h4-5H,3H2,1-2H3,(H,12,13,14,15). The van der Waals surface area contributed by atoms with Gasteiger partial charge in [-0.05, 0) is 35.9 Å². The molecule has 4 nitrogen and oxygen atoms in total. The second-order valence-corrected chi connectivity index (χ2v) is 5.59. The molecule has 0 saturated heterocycles. The smallest absolute Gasteiger partial charge is 0.188 e. The van der Waals surface area contributed by atoms with Crippen LogP contribution in [0, 0.1) is 10.5 Å². The molecular formula is C10H11IN4S. The number of aryl methyl sites for hydroxylation is 2. The highest BCUT2D eigenvalue weighted by Gasteiger charge is 2.08. The third-order valence-electron chi connectivity index (χ3n) is 2.12. The molecule has 1 N–H and O–H groups in total. The van der Waals surface area contributed by atoms with Crippen molar-refractivity contribution in [3.63, 3.8) is 0 Å². The molecule has 0 saturated carbocycles. The van der Waals surface area contributed by atoms with E-state index >= 15 is 0 Å². The molecule has 0 amide bonds. The van der Waals surface area contributed by atoms with Crippen LogP contribution in [0.15, 0.2) is 12.5 Å². The Morgan fingerprint density at radius 2 is 2.31 bits per heavy atom. The largest absolute Gasteiger partial charge is 0.315 e. The van der Waals surface area contributed by atoms with Gasteiger partial charge in [-0.25, -0.2) is 15.0 Å². The van der Waals surface area contributed by atoms with Crippen LogP contribution in [0.1, 0.15) is 17.5 Å². The fourth-order valence-corrected chi connectivity index (χ4v) is 2.65. The van der Waals surface area contributed by atoms with Crippen LogP contribution in [-0.4, -0.2) is 15.0 Å². The van der Waals surface area contributed by atoms with Crippen LogP contribution in [0.25, 0.3) is 0 Å². The Kier molecular flexibility index (Phi) is 3.70. The van der Waals surface area contributed by atoms with E-state index in [1.54, 1.807) is 17.5 Å². The molecule has 2 rings (SSSR count). The summed E-state index contributed by atoms with van der Waals surface area (Å²) in [6.07, 6.45) is 4.27. The zero-order chi connectivity index (χ0) is 11.5. The Morgan fingerprint density at radius 1 is 1.50 bits per heavy atom. The van der Waals surface area contributed by atoms with Crippen LogP contribution >= 0.6 is 33.9 Å². The van der Waals surface area contributed by atoms with E-state index < -0.39 is 0 Å². The van der Waals surface area contributed by atoms with Crippen molar-refractivity contribution in [2.45, 2.75) is 20.3 Å². The summed E-state index contributed by atoms with van der Waals surface area (Å²) in [4.78, 5) is 13.9. The molecule has 0 atom stereocenters. The lowest BCUT2D eigenvalue weighted by Gasteiger charge is -2.02. The summed E-state index contributed by atoms with van der Waals surface area (Å²) < 4.78 is 0.992. The van der Waals surface area contributed by atoms with Gasteiger partial charge in [0.1, 0.15) is 12.1 Å². The summed E-state index contributed by atoms with van der Waals surface area (Å²) in [5.41, 5.74) is 1.15. The van der Waals surface area contributed by atoms with Crippen molar-refractivity contribution in [1.29, 1.82) is 0 Å². The normalized spacial score (nSPS) is 10.4. The molecule has 2 aromatic heterocycles. The van der Waals surface area contributed by atoms with Gasteiger partial charge >= 0.3 is 0 Å². The van der Waals surface area contributed by atoms with E-state index in [1.807, 2.05) is 0 Å². The maximum absolute atomic E-state index is 4.51. The van der Waals surface area contributed by atoms with Gasteiger partial charge in [-0.1, -0.05) is 6.92 Å². The van der Waals surface area contributed by atoms with E-state index in [9.17, 15) is 0 Å². The van der Waals surface area contributed by atoms with E-state index in [-0.39, 0.29) is 0 Å². The minimum atomic E-state index is 0.812. The Hall–Kier alpha value is -0.760. The predicted molar refractivity (Wildman–Crippen MR) is 74.3 cm³/mol. The highest BCUT2D eigenvalue weighted by molar-refractivity contribution is 14.1. The highest BCUT2D eigenvalue weighted by atomic mass is 127. The Balaban J connectivity index is 2.24. The second kappa shape index (κ2) is 5.05. The molecule has 0 radical (unpaired) electrons. The predicted octanol–water partition coefficient (Wildman–Crippen LogP) is 3.15. The van der Waals surface area contributed by atoms with Crippen LogP contribution in [0.3, 0.4) is 0 Å². The van der Waals surface area contributed by atoms with Gasteiger partial charge in [0.25, 0.3) is 0 Å². The average molecular weight is 346 g/mol. The van der Waals surface area contributed by atoms with Crippen LogP contribution in [-0.2, 0) is 6.42 Å². The molecule has 0 unspecified atom stereocenters. The van der Waals surface area contributed by atoms with Crippen molar-refractivity contribution >= 4 is 44.9 Å². The van der Waals surface area contributed by atoms with E-state index in [4.69, 9.17) is 0 Å². The first-order valence-corrected chi connectivity index (χ1v) is 6.79. The number of nitrogens with one attached hydrogen (secondary N) is 1. The minimum Gasteiger partial charge on any atom is -0.315 e. The topological polar surface area (TPSA) is 50.7 Å². The van der Waals surface area contributed by atoms with Crippen molar-refractivity contribution in [2.24, 2.45) is 0 Å². The summed E-state index contributed by atoms with van der Waals surface area (Å²) in [5, 5.41) is 4.11. The lowest BCUT2D eigenvalue weighted by atomic mass is 10.3.